The second-order valence-corrected chi connectivity index (χ2v) is 3.36. The monoisotopic (exact) mass is 249 g/mol. The summed E-state index contributed by atoms with van der Waals surface area (Å²) in [5.74, 6) is -0.982. The van der Waals surface area contributed by atoms with Crippen LogP contribution >= 0.6 is 27.5 Å². The lowest BCUT2D eigenvalue weighted by molar-refractivity contribution is -0.136. The number of hydrogen-bond acceptors (Lipinski definition) is 2. The molecule has 1 atom stereocenters. The Morgan fingerprint density at radius 2 is 2.42 bits per heavy atom. The highest BCUT2D eigenvalue weighted by atomic mass is 79.9. The van der Waals surface area contributed by atoms with Crippen molar-refractivity contribution in [2.45, 2.75) is 4.83 Å². The van der Waals surface area contributed by atoms with Crippen LogP contribution in [0.3, 0.4) is 0 Å². The van der Waals surface area contributed by atoms with Gasteiger partial charge in [0, 0.05) is 11.8 Å². The molecule has 0 fully saturated rings. The van der Waals surface area contributed by atoms with Gasteiger partial charge in [-0.1, -0.05) is 33.6 Å². The molecular formula is C7H5BrClNO2. The molecule has 0 saturated carbocycles. The Morgan fingerprint density at radius 1 is 1.75 bits per heavy atom. The Bertz CT molecular complexity index is 305. The normalized spacial score (nSPS) is 12.5. The molecule has 0 saturated heterocycles. The molecule has 1 aromatic heterocycles. The van der Waals surface area contributed by atoms with Crippen LogP contribution in [0.25, 0.3) is 0 Å². The number of pyridine rings is 1. The Kier molecular flexibility index (Phi) is 3.05. The van der Waals surface area contributed by atoms with Gasteiger partial charge in [0.2, 0.25) is 0 Å². The molecule has 1 aromatic rings. The van der Waals surface area contributed by atoms with Crippen molar-refractivity contribution in [3.63, 3.8) is 0 Å². The van der Waals surface area contributed by atoms with Crippen LogP contribution in [0.5, 0.6) is 0 Å². The van der Waals surface area contributed by atoms with E-state index in [1.54, 1.807) is 12.1 Å². The first-order valence-electron chi connectivity index (χ1n) is 3.10. The first-order chi connectivity index (χ1) is 5.63. The minimum Gasteiger partial charge on any atom is -0.480 e. The van der Waals surface area contributed by atoms with E-state index in [-0.39, 0.29) is 5.15 Å². The number of rotatable bonds is 2. The van der Waals surface area contributed by atoms with Crippen LogP contribution in [0.1, 0.15) is 10.4 Å². The summed E-state index contributed by atoms with van der Waals surface area (Å²) in [6.45, 7) is 0. The van der Waals surface area contributed by atoms with Crippen molar-refractivity contribution in [2.24, 2.45) is 0 Å². The Hall–Kier alpha value is -0.610. The van der Waals surface area contributed by atoms with Gasteiger partial charge >= 0.3 is 5.97 Å². The summed E-state index contributed by atoms with van der Waals surface area (Å²) < 4.78 is 0. The van der Waals surface area contributed by atoms with Gasteiger partial charge in [-0.25, -0.2) is 4.98 Å². The standard InChI is InChI=1S/C7H5BrClNO2/c8-5(7(11)12)4-2-1-3-10-6(4)9/h1-3,5H,(H,11,12). The maximum atomic E-state index is 10.5. The molecule has 0 aliphatic heterocycles. The van der Waals surface area contributed by atoms with Gasteiger partial charge in [0.1, 0.15) is 9.98 Å². The minimum atomic E-state index is -0.982. The lowest BCUT2D eigenvalue weighted by Crippen LogP contribution is -2.05. The summed E-state index contributed by atoms with van der Waals surface area (Å²) >= 11 is 8.64. The number of halogens is 2. The molecule has 0 aromatic carbocycles. The fraction of sp³-hybridized carbons (Fsp3) is 0.143. The molecule has 1 unspecified atom stereocenters. The van der Waals surface area contributed by atoms with Crippen LogP contribution in [0.4, 0.5) is 0 Å². The van der Waals surface area contributed by atoms with Crippen molar-refractivity contribution in [1.82, 2.24) is 4.98 Å². The lowest BCUT2D eigenvalue weighted by atomic mass is 10.2. The number of carboxylic acids is 1. The van der Waals surface area contributed by atoms with Crippen LogP contribution < -0.4 is 0 Å². The third-order valence-corrected chi connectivity index (χ3v) is 2.48. The van der Waals surface area contributed by atoms with Crippen molar-refractivity contribution in [3.05, 3.63) is 29.0 Å². The van der Waals surface area contributed by atoms with Gasteiger partial charge < -0.3 is 5.11 Å². The summed E-state index contributed by atoms with van der Waals surface area (Å²) in [5, 5.41) is 8.84. The molecule has 3 nitrogen and oxygen atoms in total. The highest BCUT2D eigenvalue weighted by molar-refractivity contribution is 9.09. The molecular weight excluding hydrogens is 245 g/mol. The molecule has 64 valence electrons. The number of alkyl halides is 1. The minimum absolute atomic E-state index is 0.210. The number of nitrogens with zero attached hydrogens (tertiary/aromatic N) is 1. The number of hydrogen-bond donors (Lipinski definition) is 1. The maximum absolute atomic E-state index is 10.5. The van der Waals surface area contributed by atoms with Gasteiger partial charge in [0.15, 0.2) is 0 Å². The van der Waals surface area contributed by atoms with E-state index >= 15 is 0 Å². The highest BCUT2D eigenvalue weighted by Gasteiger charge is 2.18. The zero-order valence-corrected chi connectivity index (χ0v) is 8.21. The molecule has 0 aliphatic rings. The van der Waals surface area contributed by atoms with Crippen molar-refractivity contribution in [1.29, 1.82) is 0 Å². The summed E-state index contributed by atoms with van der Waals surface area (Å²) in [6.07, 6.45) is 1.51. The summed E-state index contributed by atoms with van der Waals surface area (Å²) in [7, 11) is 0. The predicted octanol–water partition coefficient (Wildman–Crippen LogP) is 2.26. The molecule has 1 rings (SSSR count). The fourth-order valence-corrected chi connectivity index (χ4v) is 1.45. The number of aromatic nitrogens is 1. The van der Waals surface area contributed by atoms with E-state index in [0.29, 0.717) is 5.56 Å². The highest BCUT2D eigenvalue weighted by Crippen LogP contribution is 2.27. The summed E-state index contributed by atoms with van der Waals surface area (Å²) in [4.78, 5) is 13.5. The van der Waals surface area contributed by atoms with Crippen LogP contribution in [0.2, 0.25) is 5.15 Å². The largest absolute Gasteiger partial charge is 0.480 e. The molecule has 5 heteroatoms. The van der Waals surface area contributed by atoms with E-state index in [4.69, 9.17) is 16.7 Å². The summed E-state index contributed by atoms with van der Waals surface area (Å²) in [5.41, 5.74) is 0.465. The van der Waals surface area contributed by atoms with Crippen LogP contribution in [0.15, 0.2) is 18.3 Å². The summed E-state index contributed by atoms with van der Waals surface area (Å²) in [6, 6.07) is 3.25. The molecule has 0 amide bonds. The van der Waals surface area contributed by atoms with Gasteiger partial charge in [0.05, 0.1) is 0 Å². The average molecular weight is 250 g/mol. The Morgan fingerprint density at radius 3 is 2.92 bits per heavy atom. The second kappa shape index (κ2) is 3.87. The quantitative estimate of drug-likeness (QED) is 0.647. The number of carbonyl (C=O) groups is 1. The van der Waals surface area contributed by atoms with Gasteiger partial charge in [-0.05, 0) is 6.07 Å². The molecule has 0 spiro atoms. The first kappa shape index (κ1) is 9.48. The van der Waals surface area contributed by atoms with Crippen molar-refractivity contribution >= 4 is 33.5 Å². The van der Waals surface area contributed by atoms with Gasteiger partial charge in [-0.15, -0.1) is 0 Å². The first-order valence-corrected chi connectivity index (χ1v) is 4.39. The van der Waals surface area contributed by atoms with Gasteiger partial charge in [-0.3, -0.25) is 4.79 Å². The molecule has 12 heavy (non-hydrogen) atoms. The smallest absolute Gasteiger partial charge is 0.321 e. The lowest BCUT2D eigenvalue weighted by Gasteiger charge is -2.04. The van der Waals surface area contributed by atoms with Crippen LogP contribution in [-0.4, -0.2) is 16.1 Å². The van der Waals surface area contributed by atoms with Crippen molar-refractivity contribution in [3.8, 4) is 0 Å². The van der Waals surface area contributed by atoms with Gasteiger partial charge in [-0.2, -0.15) is 0 Å². The average Bonchev–Trinajstić information content (AvgIpc) is 2.04. The predicted molar refractivity (Wildman–Crippen MR) is 48.6 cm³/mol. The van der Waals surface area contributed by atoms with Crippen molar-refractivity contribution in [2.75, 3.05) is 0 Å². The molecule has 0 bridgehead atoms. The topological polar surface area (TPSA) is 50.2 Å². The van der Waals surface area contributed by atoms with E-state index in [1.807, 2.05) is 0 Å². The van der Waals surface area contributed by atoms with Gasteiger partial charge in [0.25, 0.3) is 0 Å². The third kappa shape index (κ3) is 1.95. The zero-order valence-electron chi connectivity index (χ0n) is 5.87. The van der Waals surface area contributed by atoms with Crippen LogP contribution in [-0.2, 0) is 4.79 Å². The van der Waals surface area contributed by atoms with E-state index in [2.05, 4.69) is 20.9 Å². The van der Waals surface area contributed by atoms with E-state index in [1.165, 1.54) is 6.20 Å². The van der Waals surface area contributed by atoms with E-state index < -0.39 is 10.8 Å². The van der Waals surface area contributed by atoms with Crippen LogP contribution in [0, 0.1) is 0 Å². The maximum Gasteiger partial charge on any atom is 0.321 e. The second-order valence-electron chi connectivity index (χ2n) is 2.08. The Labute approximate surface area is 82.5 Å². The fourth-order valence-electron chi connectivity index (χ4n) is 0.721. The molecule has 0 aliphatic carbocycles. The zero-order chi connectivity index (χ0) is 9.14. The molecule has 1 heterocycles. The van der Waals surface area contributed by atoms with Crippen molar-refractivity contribution < 1.29 is 9.90 Å². The molecule has 0 radical (unpaired) electrons. The van der Waals surface area contributed by atoms with E-state index in [9.17, 15) is 4.79 Å². The number of aliphatic carboxylic acids is 1. The SMILES string of the molecule is O=C(O)C(Br)c1cccnc1Cl. The Balaban J connectivity index is 3.02. The third-order valence-electron chi connectivity index (χ3n) is 1.28. The van der Waals surface area contributed by atoms with E-state index in [0.717, 1.165) is 0 Å². The number of carboxylic acid groups (broad SMARTS) is 1. The molecule has 1 N–H and O–H groups in total.